The van der Waals surface area contributed by atoms with Crippen LogP contribution in [0.15, 0.2) is 0 Å². The molecule has 0 aromatic heterocycles. The lowest BCUT2D eigenvalue weighted by Crippen LogP contribution is -2.51. The Labute approximate surface area is 110 Å². The molecule has 0 aromatic carbocycles. The van der Waals surface area contributed by atoms with Gasteiger partial charge in [0, 0.05) is 32.6 Å². The fourth-order valence-corrected chi connectivity index (χ4v) is 3.03. The minimum absolute atomic E-state index is 0.0305. The predicted octanol–water partition coefficient (Wildman–Crippen LogP) is 1.62. The third-order valence-corrected chi connectivity index (χ3v) is 4.34. The Bertz CT molecular complexity index is 322. The van der Waals surface area contributed by atoms with Crippen LogP contribution in [0.25, 0.3) is 0 Å². The van der Waals surface area contributed by atoms with E-state index in [2.05, 4.69) is 11.0 Å². The second kappa shape index (κ2) is 6.19. The van der Waals surface area contributed by atoms with E-state index in [0.717, 1.165) is 32.6 Å². The van der Waals surface area contributed by atoms with E-state index in [0.29, 0.717) is 11.8 Å². The van der Waals surface area contributed by atoms with Gasteiger partial charge in [0.1, 0.15) is 0 Å². The summed E-state index contributed by atoms with van der Waals surface area (Å²) in [5.41, 5.74) is 0. The third-order valence-electron chi connectivity index (χ3n) is 4.34. The first-order valence-corrected chi connectivity index (χ1v) is 7.12. The maximum atomic E-state index is 12.1. The molecule has 0 radical (unpaired) electrons. The first-order chi connectivity index (χ1) is 8.70. The van der Waals surface area contributed by atoms with Crippen molar-refractivity contribution in [3.05, 3.63) is 0 Å². The van der Waals surface area contributed by atoms with Gasteiger partial charge in [-0.15, -0.1) is 0 Å². The topological polar surface area (TPSA) is 47.3 Å². The summed E-state index contributed by atoms with van der Waals surface area (Å²) in [5.74, 6) is 0.958. The number of amides is 1. The highest BCUT2D eigenvalue weighted by Gasteiger charge is 2.26. The lowest BCUT2D eigenvalue weighted by molar-refractivity contribution is -0.134. The smallest absolute Gasteiger partial charge is 0.222 e. The van der Waals surface area contributed by atoms with Gasteiger partial charge < -0.3 is 4.90 Å². The number of carbonyl (C=O) groups is 1. The van der Waals surface area contributed by atoms with Crippen molar-refractivity contribution in [2.45, 2.75) is 45.1 Å². The molecule has 4 nitrogen and oxygen atoms in total. The monoisotopic (exact) mass is 249 g/mol. The van der Waals surface area contributed by atoms with Crippen LogP contribution in [-0.4, -0.2) is 47.9 Å². The normalized spacial score (nSPS) is 23.9. The molecule has 4 heteroatoms. The lowest BCUT2D eigenvalue weighted by Gasteiger charge is -2.36. The molecule has 100 valence electrons. The van der Waals surface area contributed by atoms with Crippen LogP contribution in [0.3, 0.4) is 0 Å². The first-order valence-electron chi connectivity index (χ1n) is 7.12. The van der Waals surface area contributed by atoms with E-state index in [-0.39, 0.29) is 6.04 Å². The Balaban J connectivity index is 1.75. The molecule has 18 heavy (non-hydrogen) atoms. The molecule has 1 heterocycles. The molecule has 2 aliphatic rings. The molecule has 2 rings (SSSR count). The maximum Gasteiger partial charge on any atom is 0.222 e. The van der Waals surface area contributed by atoms with Crippen molar-refractivity contribution < 1.29 is 4.79 Å². The van der Waals surface area contributed by atoms with E-state index in [1.54, 1.807) is 0 Å². The number of hydrogen-bond acceptors (Lipinski definition) is 3. The van der Waals surface area contributed by atoms with E-state index in [9.17, 15) is 4.79 Å². The molecular formula is C14H23N3O. The number of nitriles is 1. The van der Waals surface area contributed by atoms with Gasteiger partial charge >= 0.3 is 0 Å². The number of piperazine rings is 1. The average Bonchev–Trinajstić information content (AvgIpc) is 2.91. The molecule has 1 unspecified atom stereocenters. The number of nitrogens with zero attached hydrogens (tertiary/aromatic N) is 3. The predicted molar refractivity (Wildman–Crippen MR) is 69.8 cm³/mol. The zero-order valence-electron chi connectivity index (χ0n) is 11.3. The Morgan fingerprint density at radius 1 is 1.28 bits per heavy atom. The van der Waals surface area contributed by atoms with Crippen LogP contribution in [0, 0.1) is 17.2 Å². The van der Waals surface area contributed by atoms with E-state index in [4.69, 9.17) is 5.26 Å². The summed E-state index contributed by atoms with van der Waals surface area (Å²) in [7, 11) is 0. The van der Waals surface area contributed by atoms with Crippen LogP contribution in [0.5, 0.6) is 0 Å². The van der Waals surface area contributed by atoms with Crippen molar-refractivity contribution in [3.8, 4) is 6.07 Å². The highest BCUT2D eigenvalue weighted by Crippen LogP contribution is 2.28. The molecular weight excluding hydrogens is 226 g/mol. The molecule has 0 bridgehead atoms. The minimum atomic E-state index is -0.0305. The van der Waals surface area contributed by atoms with E-state index in [1.807, 2.05) is 11.8 Å². The average molecular weight is 249 g/mol. The molecule has 0 aromatic rings. The van der Waals surface area contributed by atoms with Gasteiger partial charge in [-0.1, -0.05) is 12.8 Å². The molecule has 1 saturated carbocycles. The molecule has 2 fully saturated rings. The highest BCUT2D eigenvalue weighted by atomic mass is 16.2. The second-order valence-corrected chi connectivity index (χ2v) is 5.58. The Kier molecular flexibility index (Phi) is 4.60. The van der Waals surface area contributed by atoms with Crippen LogP contribution in [0.1, 0.15) is 39.0 Å². The Morgan fingerprint density at radius 2 is 1.89 bits per heavy atom. The fraction of sp³-hybridized carbons (Fsp3) is 0.857. The van der Waals surface area contributed by atoms with Crippen molar-refractivity contribution in [1.29, 1.82) is 5.26 Å². The van der Waals surface area contributed by atoms with Crippen molar-refractivity contribution in [2.75, 3.05) is 26.2 Å². The summed E-state index contributed by atoms with van der Waals surface area (Å²) in [4.78, 5) is 16.3. The van der Waals surface area contributed by atoms with Gasteiger partial charge in [-0.3, -0.25) is 9.69 Å². The summed E-state index contributed by atoms with van der Waals surface area (Å²) in [6.45, 7) is 5.18. The number of rotatable bonds is 3. The van der Waals surface area contributed by atoms with Gasteiger partial charge in [0.05, 0.1) is 12.1 Å². The molecule has 1 atom stereocenters. The minimum Gasteiger partial charge on any atom is -0.340 e. The number of hydrogen-bond donors (Lipinski definition) is 0. The molecule has 1 aliphatic carbocycles. The summed E-state index contributed by atoms with van der Waals surface area (Å²) >= 11 is 0. The van der Waals surface area contributed by atoms with Crippen molar-refractivity contribution >= 4 is 5.91 Å². The summed E-state index contributed by atoms with van der Waals surface area (Å²) in [6, 6.07) is 2.23. The van der Waals surface area contributed by atoms with Crippen LogP contribution < -0.4 is 0 Å². The summed E-state index contributed by atoms with van der Waals surface area (Å²) in [5, 5.41) is 8.88. The summed E-state index contributed by atoms with van der Waals surface area (Å²) < 4.78 is 0. The van der Waals surface area contributed by atoms with Gasteiger partial charge in [-0.25, -0.2) is 0 Å². The van der Waals surface area contributed by atoms with Gasteiger partial charge in [0.25, 0.3) is 0 Å². The van der Waals surface area contributed by atoms with Crippen LogP contribution >= 0.6 is 0 Å². The standard InChI is InChI=1S/C14H23N3O/c1-12(11-15)16-6-8-17(9-7-16)14(18)10-13-4-2-3-5-13/h12-13H,2-10H2,1H3. The molecule has 0 N–H and O–H groups in total. The van der Waals surface area contributed by atoms with Gasteiger partial charge in [-0.2, -0.15) is 5.26 Å². The third kappa shape index (κ3) is 3.23. The lowest BCUT2D eigenvalue weighted by atomic mass is 10.0. The van der Waals surface area contributed by atoms with Crippen molar-refractivity contribution in [3.63, 3.8) is 0 Å². The van der Waals surface area contributed by atoms with Gasteiger partial charge in [0.15, 0.2) is 0 Å². The fourth-order valence-electron chi connectivity index (χ4n) is 3.03. The quantitative estimate of drug-likeness (QED) is 0.763. The molecule has 1 saturated heterocycles. The molecule has 1 amide bonds. The first kappa shape index (κ1) is 13.4. The van der Waals surface area contributed by atoms with Crippen molar-refractivity contribution in [1.82, 2.24) is 9.80 Å². The van der Waals surface area contributed by atoms with Gasteiger partial charge in [0.2, 0.25) is 5.91 Å². The molecule has 1 aliphatic heterocycles. The van der Waals surface area contributed by atoms with E-state index in [1.165, 1.54) is 25.7 Å². The van der Waals surface area contributed by atoms with Crippen LogP contribution in [0.2, 0.25) is 0 Å². The van der Waals surface area contributed by atoms with Gasteiger partial charge in [-0.05, 0) is 25.7 Å². The highest BCUT2D eigenvalue weighted by molar-refractivity contribution is 5.76. The Morgan fingerprint density at radius 3 is 2.44 bits per heavy atom. The van der Waals surface area contributed by atoms with Crippen LogP contribution in [-0.2, 0) is 4.79 Å². The maximum absolute atomic E-state index is 12.1. The second-order valence-electron chi connectivity index (χ2n) is 5.58. The largest absolute Gasteiger partial charge is 0.340 e. The van der Waals surface area contributed by atoms with Crippen LogP contribution in [0.4, 0.5) is 0 Å². The zero-order valence-corrected chi connectivity index (χ0v) is 11.3. The summed E-state index contributed by atoms with van der Waals surface area (Å²) in [6.07, 6.45) is 5.80. The molecule has 0 spiro atoms. The Hall–Kier alpha value is -1.08. The van der Waals surface area contributed by atoms with E-state index < -0.39 is 0 Å². The SMILES string of the molecule is CC(C#N)N1CCN(C(=O)CC2CCCC2)CC1. The number of carbonyl (C=O) groups excluding carboxylic acids is 1. The van der Waals surface area contributed by atoms with Crippen molar-refractivity contribution in [2.24, 2.45) is 5.92 Å². The van der Waals surface area contributed by atoms with E-state index >= 15 is 0 Å². The zero-order chi connectivity index (χ0) is 13.0.